The number of hydrogen-bond acceptors (Lipinski definition) is 3. The van der Waals surface area contributed by atoms with Crippen molar-refractivity contribution < 1.29 is 4.74 Å². The molecule has 0 aliphatic rings. The quantitative estimate of drug-likeness (QED) is 0.849. The summed E-state index contributed by atoms with van der Waals surface area (Å²) < 4.78 is 5.17. The minimum Gasteiger partial charge on any atom is -0.497 e. The zero-order valence-corrected chi connectivity index (χ0v) is 12.4. The molecule has 0 saturated carbocycles. The second kappa shape index (κ2) is 6.57. The van der Waals surface area contributed by atoms with Crippen molar-refractivity contribution in [2.45, 2.75) is 26.2 Å². The van der Waals surface area contributed by atoms with E-state index in [1.165, 1.54) is 0 Å². The summed E-state index contributed by atoms with van der Waals surface area (Å²) >= 11 is 0. The van der Waals surface area contributed by atoms with E-state index >= 15 is 0 Å². The van der Waals surface area contributed by atoms with E-state index in [-0.39, 0.29) is 0 Å². The highest BCUT2D eigenvalue weighted by molar-refractivity contribution is 5.59. The van der Waals surface area contributed by atoms with Gasteiger partial charge in [0, 0.05) is 12.5 Å². The first-order valence-electron chi connectivity index (χ1n) is 7.03. The van der Waals surface area contributed by atoms with Crippen LogP contribution in [-0.2, 0) is 0 Å². The third kappa shape index (κ3) is 3.39. The van der Waals surface area contributed by atoms with Crippen LogP contribution in [0.5, 0.6) is 5.75 Å². The van der Waals surface area contributed by atoms with E-state index in [2.05, 4.69) is 23.8 Å². The molecule has 0 saturated heterocycles. The first-order chi connectivity index (χ1) is 9.63. The number of benzene rings is 1. The first kappa shape index (κ1) is 14.6. The van der Waals surface area contributed by atoms with Crippen LogP contribution < -0.4 is 10.5 Å². The second-order valence-corrected chi connectivity index (χ2v) is 5.47. The van der Waals surface area contributed by atoms with Crippen molar-refractivity contribution >= 4 is 0 Å². The number of ether oxygens (including phenoxy) is 1. The fourth-order valence-electron chi connectivity index (χ4n) is 2.35. The lowest BCUT2D eigenvalue weighted by Crippen LogP contribution is -2.15. The molecule has 1 heterocycles. The van der Waals surface area contributed by atoms with Crippen molar-refractivity contribution in [2.75, 3.05) is 13.7 Å². The predicted octanol–water partition coefficient (Wildman–Crippen LogP) is 3.17. The zero-order valence-electron chi connectivity index (χ0n) is 12.4. The van der Waals surface area contributed by atoms with Gasteiger partial charge < -0.3 is 15.5 Å². The van der Waals surface area contributed by atoms with E-state index in [1.807, 2.05) is 30.5 Å². The monoisotopic (exact) mass is 273 g/mol. The molecule has 4 heteroatoms. The average molecular weight is 273 g/mol. The van der Waals surface area contributed by atoms with Crippen LogP contribution in [0.15, 0.2) is 30.5 Å². The third-order valence-corrected chi connectivity index (χ3v) is 3.42. The Balaban J connectivity index is 2.18. The highest BCUT2D eigenvalue weighted by atomic mass is 16.5. The van der Waals surface area contributed by atoms with Crippen molar-refractivity contribution in [1.29, 1.82) is 0 Å². The molecule has 108 valence electrons. The number of nitrogens with one attached hydrogen (secondary N) is 1. The van der Waals surface area contributed by atoms with E-state index < -0.39 is 0 Å². The van der Waals surface area contributed by atoms with Crippen LogP contribution in [0, 0.1) is 5.92 Å². The van der Waals surface area contributed by atoms with Crippen LogP contribution >= 0.6 is 0 Å². The molecule has 20 heavy (non-hydrogen) atoms. The van der Waals surface area contributed by atoms with Gasteiger partial charge >= 0.3 is 0 Å². The number of aromatic nitrogens is 2. The van der Waals surface area contributed by atoms with E-state index in [0.717, 1.165) is 29.3 Å². The van der Waals surface area contributed by atoms with Crippen molar-refractivity contribution in [2.24, 2.45) is 11.7 Å². The van der Waals surface area contributed by atoms with Gasteiger partial charge in [0.2, 0.25) is 0 Å². The van der Waals surface area contributed by atoms with Gasteiger partial charge in [0.05, 0.1) is 19.0 Å². The van der Waals surface area contributed by atoms with Crippen LogP contribution in [0.2, 0.25) is 0 Å². The predicted molar refractivity (Wildman–Crippen MR) is 81.8 cm³/mol. The normalized spacial score (nSPS) is 12.7. The molecule has 0 amide bonds. The fraction of sp³-hybridized carbons (Fsp3) is 0.438. The Hall–Kier alpha value is -1.81. The summed E-state index contributed by atoms with van der Waals surface area (Å²) in [6.45, 7) is 5.03. The molecule has 2 aromatic rings. The third-order valence-electron chi connectivity index (χ3n) is 3.42. The Morgan fingerprint density at radius 2 is 1.95 bits per heavy atom. The highest BCUT2D eigenvalue weighted by Gasteiger charge is 2.15. The molecule has 1 aromatic carbocycles. The summed E-state index contributed by atoms with van der Waals surface area (Å²) in [6.07, 6.45) is 2.92. The largest absolute Gasteiger partial charge is 0.497 e. The SMILES string of the molecule is COc1ccc(-c2cnc(C(CN)CC(C)C)[nH]2)cc1. The van der Waals surface area contributed by atoms with Gasteiger partial charge in [-0.05, 0) is 42.2 Å². The molecule has 2 rings (SSSR count). The molecular formula is C16H23N3O. The van der Waals surface area contributed by atoms with E-state index in [4.69, 9.17) is 10.5 Å². The van der Waals surface area contributed by atoms with Gasteiger partial charge in [-0.3, -0.25) is 0 Å². The molecule has 1 aromatic heterocycles. The fourth-order valence-corrected chi connectivity index (χ4v) is 2.35. The summed E-state index contributed by atoms with van der Waals surface area (Å²) in [5.41, 5.74) is 7.98. The van der Waals surface area contributed by atoms with Gasteiger partial charge in [0.15, 0.2) is 0 Å². The molecule has 0 fully saturated rings. The second-order valence-electron chi connectivity index (χ2n) is 5.47. The molecule has 3 N–H and O–H groups in total. The van der Waals surface area contributed by atoms with Gasteiger partial charge in [-0.15, -0.1) is 0 Å². The molecule has 1 unspecified atom stereocenters. The minimum absolute atomic E-state index is 0.294. The number of hydrogen-bond donors (Lipinski definition) is 2. The van der Waals surface area contributed by atoms with Crippen LogP contribution in [0.1, 0.15) is 32.0 Å². The molecule has 0 radical (unpaired) electrons. The van der Waals surface area contributed by atoms with Gasteiger partial charge in [-0.1, -0.05) is 13.8 Å². The summed E-state index contributed by atoms with van der Waals surface area (Å²) in [5, 5.41) is 0. The number of nitrogens with two attached hydrogens (primary N) is 1. The topological polar surface area (TPSA) is 63.9 Å². The highest BCUT2D eigenvalue weighted by Crippen LogP contribution is 2.25. The number of H-pyrrole nitrogens is 1. The molecule has 1 atom stereocenters. The average Bonchev–Trinajstić information content (AvgIpc) is 2.94. The lowest BCUT2D eigenvalue weighted by molar-refractivity contribution is 0.415. The van der Waals surface area contributed by atoms with E-state index in [0.29, 0.717) is 18.4 Å². The smallest absolute Gasteiger partial charge is 0.118 e. The van der Waals surface area contributed by atoms with Gasteiger partial charge in [0.25, 0.3) is 0 Å². The van der Waals surface area contributed by atoms with E-state index in [1.54, 1.807) is 7.11 Å². The maximum Gasteiger partial charge on any atom is 0.118 e. The van der Waals surface area contributed by atoms with Crippen LogP contribution in [0.4, 0.5) is 0 Å². The Morgan fingerprint density at radius 1 is 1.25 bits per heavy atom. The first-order valence-corrected chi connectivity index (χ1v) is 7.03. The molecule has 0 bridgehead atoms. The number of nitrogens with zero attached hydrogens (tertiary/aromatic N) is 1. The van der Waals surface area contributed by atoms with Crippen molar-refractivity contribution in [3.8, 4) is 17.0 Å². The molecular weight excluding hydrogens is 250 g/mol. The maximum atomic E-state index is 5.86. The summed E-state index contributed by atoms with van der Waals surface area (Å²) in [5.74, 6) is 2.74. The van der Waals surface area contributed by atoms with Crippen LogP contribution in [0.25, 0.3) is 11.3 Å². The van der Waals surface area contributed by atoms with Crippen molar-refractivity contribution in [3.05, 3.63) is 36.3 Å². The minimum atomic E-state index is 0.294. The lowest BCUT2D eigenvalue weighted by atomic mass is 9.97. The summed E-state index contributed by atoms with van der Waals surface area (Å²) in [4.78, 5) is 7.88. The van der Waals surface area contributed by atoms with Crippen LogP contribution in [-0.4, -0.2) is 23.6 Å². The van der Waals surface area contributed by atoms with Crippen LogP contribution in [0.3, 0.4) is 0 Å². The van der Waals surface area contributed by atoms with Crippen molar-refractivity contribution in [1.82, 2.24) is 9.97 Å². The number of aromatic amines is 1. The standard InChI is InChI=1S/C16H23N3O/c1-11(2)8-13(9-17)16-18-10-15(19-16)12-4-6-14(20-3)7-5-12/h4-7,10-11,13H,8-9,17H2,1-3H3,(H,18,19). The lowest BCUT2D eigenvalue weighted by Gasteiger charge is -2.14. The Morgan fingerprint density at radius 3 is 2.50 bits per heavy atom. The molecule has 0 aliphatic heterocycles. The molecule has 4 nitrogen and oxygen atoms in total. The molecule has 0 spiro atoms. The number of imidazole rings is 1. The summed E-state index contributed by atoms with van der Waals surface area (Å²) in [7, 11) is 1.67. The molecule has 0 aliphatic carbocycles. The summed E-state index contributed by atoms with van der Waals surface area (Å²) in [6, 6.07) is 7.95. The zero-order chi connectivity index (χ0) is 14.5. The Bertz CT molecular complexity index is 531. The van der Waals surface area contributed by atoms with Gasteiger partial charge in [-0.2, -0.15) is 0 Å². The van der Waals surface area contributed by atoms with Gasteiger partial charge in [-0.25, -0.2) is 4.98 Å². The van der Waals surface area contributed by atoms with E-state index in [9.17, 15) is 0 Å². The van der Waals surface area contributed by atoms with Gasteiger partial charge in [0.1, 0.15) is 11.6 Å². The Kier molecular flexibility index (Phi) is 4.79. The maximum absolute atomic E-state index is 5.86. The van der Waals surface area contributed by atoms with Crippen molar-refractivity contribution in [3.63, 3.8) is 0 Å². The Labute approximate surface area is 120 Å². The number of methoxy groups -OCH3 is 1. The number of rotatable bonds is 6.